The van der Waals surface area contributed by atoms with Gasteiger partial charge in [-0.1, -0.05) is 34.1 Å². The summed E-state index contributed by atoms with van der Waals surface area (Å²) in [5.74, 6) is 0.829. The summed E-state index contributed by atoms with van der Waals surface area (Å²) in [7, 11) is 0. The molecule has 2 aromatic rings. The molecule has 5 heteroatoms. The molecule has 1 unspecified atom stereocenters. The van der Waals surface area contributed by atoms with Gasteiger partial charge in [0.1, 0.15) is 5.76 Å². The van der Waals surface area contributed by atoms with Gasteiger partial charge < -0.3 is 4.42 Å². The monoisotopic (exact) mass is 309 g/mol. The van der Waals surface area contributed by atoms with Crippen molar-refractivity contribution in [3.63, 3.8) is 0 Å². The highest BCUT2D eigenvalue weighted by molar-refractivity contribution is 9.09. The second-order valence-corrected chi connectivity index (χ2v) is 5.09. The van der Waals surface area contributed by atoms with E-state index < -0.39 is 0 Å². The minimum Gasteiger partial charge on any atom is -0.469 e. The van der Waals surface area contributed by atoms with Gasteiger partial charge in [0.25, 0.3) is 5.69 Å². The molecule has 0 aliphatic carbocycles. The molecule has 0 bridgehead atoms. The van der Waals surface area contributed by atoms with Gasteiger partial charge in [0.05, 0.1) is 11.2 Å². The number of aryl methyl sites for hydroxylation is 1. The van der Waals surface area contributed by atoms with Crippen LogP contribution in [0.1, 0.15) is 21.7 Å². The molecule has 2 rings (SSSR count). The topological polar surface area (TPSA) is 56.3 Å². The molecule has 1 heterocycles. The van der Waals surface area contributed by atoms with Gasteiger partial charge in [0.2, 0.25) is 0 Å². The van der Waals surface area contributed by atoms with Crippen molar-refractivity contribution in [3.05, 3.63) is 63.6 Å². The van der Waals surface area contributed by atoms with Crippen LogP contribution in [-0.2, 0) is 6.42 Å². The molecule has 1 aromatic heterocycles. The molecule has 0 N–H and O–H groups in total. The minimum atomic E-state index is -0.350. The fraction of sp³-hybridized carbons (Fsp3) is 0.231. The number of furan rings is 1. The normalized spacial score (nSPS) is 12.3. The Hall–Kier alpha value is -1.62. The van der Waals surface area contributed by atoms with Crippen LogP contribution in [0, 0.1) is 17.0 Å². The molecule has 0 aliphatic heterocycles. The predicted octanol–water partition coefficient (Wildman–Crippen LogP) is 4.17. The van der Waals surface area contributed by atoms with E-state index >= 15 is 0 Å². The number of hydrogen-bond donors (Lipinski definition) is 0. The molecule has 0 fully saturated rings. The molecule has 0 saturated carbocycles. The molecule has 1 atom stereocenters. The Morgan fingerprint density at radius 3 is 2.72 bits per heavy atom. The van der Waals surface area contributed by atoms with Crippen molar-refractivity contribution >= 4 is 21.6 Å². The number of nitro benzene ring substituents is 1. The second kappa shape index (κ2) is 5.35. The van der Waals surface area contributed by atoms with Gasteiger partial charge in [0, 0.05) is 22.0 Å². The highest BCUT2D eigenvalue weighted by Gasteiger charge is 2.18. The second-order valence-electron chi connectivity index (χ2n) is 3.99. The van der Waals surface area contributed by atoms with Crippen LogP contribution in [0.2, 0.25) is 0 Å². The molecule has 0 saturated heterocycles. The number of halogens is 1. The summed E-state index contributed by atoms with van der Waals surface area (Å²) in [4.78, 5) is 10.6. The smallest absolute Gasteiger partial charge is 0.272 e. The van der Waals surface area contributed by atoms with Crippen LogP contribution in [0.4, 0.5) is 5.69 Å². The van der Waals surface area contributed by atoms with Crippen molar-refractivity contribution in [2.75, 3.05) is 0 Å². The third-order valence-corrected chi connectivity index (χ3v) is 3.64. The first kappa shape index (κ1) is 12.8. The molecule has 0 radical (unpaired) electrons. The van der Waals surface area contributed by atoms with Crippen molar-refractivity contribution in [1.29, 1.82) is 0 Å². The third-order valence-electron chi connectivity index (χ3n) is 2.82. The van der Waals surface area contributed by atoms with Gasteiger partial charge in [-0.05, 0) is 19.4 Å². The van der Waals surface area contributed by atoms with Crippen LogP contribution >= 0.6 is 15.9 Å². The molecule has 4 nitrogen and oxygen atoms in total. The summed E-state index contributed by atoms with van der Waals surface area (Å²) in [6.07, 6.45) is 2.18. The Balaban J connectivity index is 2.25. The van der Waals surface area contributed by atoms with Crippen molar-refractivity contribution in [1.82, 2.24) is 0 Å². The van der Waals surface area contributed by atoms with E-state index in [-0.39, 0.29) is 15.4 Å². The first-order valence-electron chi connectivity index (χ1n) is 5.50. The minimum absolute atomic E-state index is 0.0114. The van der Waals surface area contributed by atoms with Crippen LogP contribution in [0.25, 0.3) is 0 Å². The maximum absolute atomic E-state index is 10.9. The Bertz CT molecular complexity index is 565. The zero-order valence-electron chi connectivity index (χ0n) is 9.80. The molecular weight excluding hydrogens is 298 g/mol. The van der Waals surface area contributed by atoms with E-state index in [4.69, 9.17) is 4.42 Å². The lowest BCUT2D eigenvalue weighted by Crippen LogP contribution is -2.00. The lowest BCUT2D eigenvalue weighted by molar-refractivity contribution is -0.385. The van der Waals surface area contributed by atoms with Gasteiger partial charge in [0.15, 0.2) is 0 Å². The number of hydrogen-bond acceptors (Lipinski definition) is 3. The number of nitrogens with zero attached hydrogens (tertiary/aromatic N) is 1. The average molecular weight is 310 g/mol. The molecule has 0 amide bonds. The van der Waals surface area contributed by atoms with E-state index in [2.05, 4.69) is 15.9 Å². The quantitative estimate of drug-likeness (QED) is 0.484. The number of rotatable bonds is 4. The fourth-order valence-electron chi connectivity index (χ4n) is 1.88. The first-order valence-corrected chi connectivity index (χ1v) is 6.41. The Morgan fingerprint density at radius 1 is 1.39 bits per heavy atom. The van der Waals surface area contributed by atoms with Gasteiger partial charge in [-0.15, -0.1) is 0 Å². The summed E-state index contributed by atoms with van der Waals surface area (Å²) < 4.78 is 5.24. The Labute approximate surface area is 113 Å². The van der Waals surface area contributed by atoms with Crippen molar-refractivity contribution in [2.24, 2.45) is 0 Å². The highest BCUT2D eigenvalue weighted by atomic mass is 79.9. The van der Waals surface area contributed by atoms with Crippen LogP contribution in [-0.4, -0.2) is 4.92 Å². The predicted molar refractivity (Wildman–Crippen MR) is 71.9 cm³/mol. The molecule has 0 spiro atoms. The summed E-state index contributed by atoms with van der Waals surface area (Å²) >= 11 is 3.55. The Kier molecular flexibility index (Phi) is 3.81. The van der Waals surface area contributed by atoms with E-state index in [1.807, 2.05) is 19.1 Å². The third kappa shape index (κ3) is 2.61. The van der Waals surface area contributed by atoms with Crippen molar-refractivity contribution in [2.45, 2.75) is 18.2 Å². The van der Waals surface area contributed by atoms with Gasteiger partial charge in [-0.3, -0.25) is 10.1 Å². The summed E-state index contributed by atoms with van der Waals surface area (Å²) in [5, 5.41) is 10.9. The highest BCUT2D eigenvalue weighted by Crippen LogP contribution is 2.32. The van der Waals surface area contributed by atoms with Gasteiger partial charge in [-0.2, -0.15) is 0 Å². The standard InChI is InChI=1S/C13H12BrNO3/c1-9-11(6-7-18-9)12(14)8-10-4-2-3-5-13(10)15(16)17/h2-7,12H,8H2,1H3. The first-order chi connectivity index (χ1) is 8.59. The number of benzene rings is 1. The number of para-hydroxylation sites is 1. The summed E-state index contributed by atoms with van der Waals surface area (Å²) in [6, 6.07) is 8.67. The van der Waals surface area contributed by atoms with E-state index in [9.17, 15) is 10.1 Å². The summed E-state index contributed by atoms with van der Waals surface area (Å²) in [5.41, 5.74) is 1.89. The van der Waals surface area contributed by atoms with Crippen LogP contribution in [0.15, 0.2) is 41.0 Å². The maximum Gasteiger partial charge on any atom is 0.272 e. The molecular formula is C13H12BrNO3. The zero-order valence-corrected chi connectivity index (χ0v) is 11.4. The van der Waals surface area contributed by atoms with E-state index in [1.165, 1.54) is 6.07 Å². The molecule has 1 aromatic carbocycles. The molecule has 0 aliphatic rings. The Morgan fingerprint density at radius 2 is 2.11 bits per heavy atom. The van der Waals surface area contributed by atoms with E-state index in [0.717, 1.165) is 11.3 Å². The van der Waals surface area contributed by atoms with Crippen molar-refractivity contribution < 1.29 is 9.34 Å². The average Bonchev–Trinajstić information content (AvgIpc) is 2.76. The van der Waals surface area contributed by atoms with Crippen molar-refractivity contribution in [3.8, 4) is 0 Å². The van der Waals surface area contributed by atoms with Gasteiger partial charge >= 0.3 is 0 Å². The van der Waals surface area contributed by atoms with Crippen LogP contribution < -0.4 is 0 Å². The van der Waals surface area contributed by atoms with Crippen LogP contribution in [0.3, 0.4) is 0 Å². The van der Waals surface area contributed by atoms with E-state index in [1.54, 1.807) is 18.4 Å². The molecule has 94 valence electrons. The number of alkyl halides is 1. The SMILES string of the molecule is Cc1occc1C(Br)Cc1ccccc1[N+](=O)[O-]. The fourth-order valence-corrected chi connectivity index (χ4v) is 2.71. The van der Waals surface area contributed by atoms with Gasteiger partial charge in [-0.25, -0.2) is 0 Å². The lowest BCUT2D eigenvalue weighted by atomic mass is 10.0. The largest absolute Gasteiger partial charge is 0.469 e. The van der Waals surface area contributed by atoms with E-state index in [0.29, 0.717) is 12.0 Å². The maximum atomic E-state index is 10.9. The van der Waals surface area contributed by atoms with Crippen LogP contribution in [0.5, 0.6) is 0 Å². The summed E-state index contributed by atoms with van der Waals surface area (Å²) in [6.45, 7) is 1.88. The number of nitro groups is 1. The lowest BCUT2D eigenvalue weighted by Gasteiger charge is -2.09. The zero-order chi connectivity index (χ0) is 13.1. The molecule has 18 heavy (non-hydrogen) atoms.